The van der Waals surface area contributed by atoms with Crippen molar-refractivity contribution in [1.82, 2.24) is 5.43 Å². The predicted molar refractivity (Wildman–Crippen MR) is 80.1 cm³/mol. The van der Waals surface area contributed by atoms with Crippen molar-refractivity contribution < 1.29 is 53.1 Å². The van der Waals surface area contributed by atoms with Crippen LogP contribution in [0, 0.1) is 0 Å². The molecule has 0 aromatic heterocycles. The van der Waals surface area contributed by atoms with Crippen LogP contribution in [0.3, 0.4) is 0 Å². The lowest BCUT2D eigenvalue weighted by molar-refractivity contribution is -0.476. The summed E-state index contributed by atoms with van der Waals surface area (Å²) in [6.07, 6.45) is 1.15. The molecule has 1 aliphatic rings. The molecule has 14 heteroatoms. The first-order valence-electron chi connectivity index (χ1n) is 7.94. The van der Waals surface area contributed by atoms with Gasteiger partial charge in [0.25, 0.3) is 5.91 Å². The number of aryl methyl sites for hydroxylation is 1. The van der Waals surface area contributed by atoms with E-state index < -0.39 is 41.2 Å². The maximum absolute atomic E-state index is 14.4. The van der Waals surface area contributed by atoms with Gasteiger partial charge in [0.05, 0.1) is 6.21 Å². The number of hydrogen-bond donors (Lipinski definition) is 1. The number of nitrogens with one attached hydrogen (secondary N) is 1. The molecule has 0 aliphatic heterocycles. The molecule has 1 aliphatic carbocycles. The smallest absolute Gasteiger partial charge is 0.269 e. The third-order valence-electron chi connectivity index (χ3n) is 4.52. The standard InChI is InChI=1S/C16H11F11N2O/c1-2-8-3-5-9(6-4-8)7-28-29-10(30)11(17)12(18,19)14(22,23)16(26,27)15(24,25)13(11,20)21/h3-7H,2H2,1H3,(H,29,30)/b28-7-. The molecule has 1 fully saturated rings. The highest BCUT2D eigenvalue weighted by atomic mass is 19.4. The van der Waals surface area contributed by atoms with Crippen molar-refractivity contribution in [3.8, 4) is 0 Å². The first-order valence-corrected chi connectivity index (χ1v) is 7.94. The first-order chi connectivity index (χ1) is 13.4. The number of benzene rings is 1. The summed E-state index contributed by atoms with van der Waals surface area (Å²) >= 11 is 0. The number of hydrazone groups is 1. The van der Waals surface area contributed by atoms with Crippen molar-refractivity contribution >= 4 is 12.1 Å². The molecular weight excluding hydrogens is 445 g/mol. The summed E-state index contributed by atoms with van der Waals surface area (Å²) in [6, 6.07) is 5.64. The first kappa shape index (κ1) is 23.9. The predicted octanol–water partition coefficient (Wildman–Crippen LogP) is 4.60. The van der Waals surface area contributed by atoms with Gasteiger partial charge in [-0.2, -0.15) is 49.0 Å². The second kappa shape index (κ2) is 6.80. The topological polar surface area (TPSA) is 41.5 Å². The van der Waals surface area contributed by atoms with E-state index in [0.717, 1.165) is 5.56 Å². The molecular formula is C16H11F11N2O. The van der Waals surface area contributed by atoms with Crippen molar-refractivity contribution in [1.29, 1.82) is 0 Å². The molecule has 30 heavy (non-hydrogen) atoms. The van der Waals surface area contributed by atoms with E-state index in [1.54, 1.807) is 6.92 Å². The number of carbonyl (C=O) groups is 1. The minimum Gasteiger partial charge on any atom is -0.269 e. The molecule has 0 radical (unpaired) electrons. The summed E-state index contributed by atoms with van der Waals surface area (Å²) in [7, 11) is 0. The molecule has 0 spiro atoms. The molecule has 0 heterocycles. The van der Waals surface area contributed by atoms with Gasteiger partial charge in [-0.25, -0.2) is 9.82 Å². The Kier molecular flexibility index (Phi) is 5.41. The molecule has 0 bridgehead atoms. The Bertz CT molecular complexity index is 819. The number of carbonyl (C=O) groups excluding carboxylic acids is 1. The fraction of sp³-hybridized carbons (Fsp3) is 0.500. The van der Waals surface area contributed by atoms with Gasteiger partial charge in [-0.3, -0.25) is 4.79 Å². The number of amides is 1. The van der Waals surface area contributed by atoms with Crippen LogP contribution in [0.2, 0.25) is 0 Å². The number of nitrogens with zero attached hydrogens (tertiary/aromatic N) is 1. The molecule has 1 aromatic carbocycles. The molecule has 1 N–H and O–H groups in total. The average Bonchev–Trinajstić information content (AvgIpc) is 2.66. The fourth-order valence-corrected chi connectivity index (χ4v) is 2.59. The summed E-state index contributed by atoms with van der Waals surface area (Å²) in [5, 5.41) is 2.77. The zero-order chi connectivity index (χ0) is 23.4. The number of alkyl halides is 11. The highest BCUT2D eigenvalue weighted by Gasteiger charge is 3.02. The highest BCUT2D eigenvalue weighted by molar-refractivity contribution is 5.90. The largest absolute Gasteiger partial charge is 0.384 e. The Hall–Kier alpha value is -2.41. The lowest BCUT2D eigenvalue weighted by Gasteiger charge is -2.51. The Labute approximate surface area is 160 Å². The van der Waals surface area contributed by atoms with Crippen LogP contribution >= 0.6 is 0 Å². The fourth-order valence-electron chi connectivity index (χ4n) is 2.59. The highest BCUT2D eigenvalue weighted by Crippen LogP contribution is 2.69. The van der Waals surface area contributed by atoms with E-state index in [0.29, 0.717) is 18.1 Å². The number of rotatable bonds is 4. The van der Waals surface area contributed by atoms with Gasteiger partial charge >= 0.3 is 35.3 Å². The van der Waals surface area contributed by atoms with Crippen molar-refractivity contribution in [2.75, 3.05) is 0 Å². The Morgan fingerprint density at radius 3 is 1.60 bits per heavy atom. The minimum atomic E-state index is -7.38. The normalized spacial score (nSPS) is 25.1. The summed E-state index contributed by atoms with van der Waals surface area (Å²) in [5.41, 5.74) is -5.23. The third kappa shape index (κ3) is 2.71. The van der Waals surface area contributed by atoms with E-state index in [1.165, 1.54) is 24.3 Å². The third-order valence-corrected chi connectivity index (χ3v) is 4.52. The van der Waals surface area contributed by atoms with Gasteiger partial charge in [-0.15, -0.1) is 0 Å². The molecule has 2 rings (SSSR count). The van der Waals surface area contributed by atoms with Gasteiger partial charge < -0.3 is 0 Å². The molecule has 1 amide bonds. The van der Waals surface area contributed by atoms with Gasteiger partial charge in [-0.1, -0.05) is 31.2 Å². The molecule has 3 nitrogen and oxygen atoms in total. The second-order valence-corrected chi connectivity index (χ2v) is 6.32. The van der Waals surface area contributed by atoms with Crippen LogP contribution < -0.4 is 5.43 Å². The van der Waals surface area contributed by atoms with Crippen LogP contribution in [0.1, 0.15) is 18.1 Å². The van der Waals surface area contributed by atoms with Crippen LogP contribution in [-0.2, 0) is 11.2 Å². The van der Waals surface area contributed by atoms with Gasteiger partial charge in [-0.05, 0) is 17.5 Å². The molecule has 0 atom stereocenters. The Morgan fingerprint density at radius 1 is 0.800 bits per heavy atom. The summed E-state index contributed by atoms with van der Waals surface area (Å²) in [4.78, 5) is 11.6. The molecule has 0 unspecified atom stereocenters. The van der Waals surface area contributed by atoms with E-state index in [2.05, 4.69) is 5.10 Å². The zero-order valence-corrected chi connectivity index (χ0v) is 14.6. The van der Waals surface area contributed by atoms with Crippen LogP contribution in [0.5, 0.6) is 0 Å². The SMILES string of the molecule is CCc1ccc(/C=N\NC(=O)C2(F)C(F)(F)C(F)(F)C(F)(F)C(F)(F)C2(F)F)cc1. The number of hydrogen-bond acceptors (Lipinski definition) is 2. The summed E-state index contributed by atoms with van der Waals surface area (Å²) in [6.45, 7) is 1.78. The number of halogens is 11. The zero-order valence-electron chi connectivity index (χ0n) is 14.6. The average molecular weight is 456 g/mol. The second-order valence-electron chi connectivity index (χ2n) is 6.32. The van der Waals surface area contributed by atoms with Gasteiger partial charge in [0.2, 0.25) is 0 Å². The quantitative estimate of drug-likeness (QED) is 0.402. The molecule has 168 valence electrons. The monoisotopic (exact) mass is 456 g/mol. The molecule has 1 saturated carbocycles. The van der Waals surface area contributed by atoms with E-state index in [-0.39, 0.29) is 5.56 Å². The summed E-state index contributed by atoms with van der Waals surface area (Å²) < 4.78 is 149. The van der Waals surface area contributed by atoms with Gasteiger partial charge in [0, 0.05) is 0 Å². The Balaban J connectivity index is 2.45. The minimum absolute atomic E-state index is 0.0739. The van der Waals surface area contributed by atoms with Gasteiger partial charge in [0.1, 0.15) is 0 Å². The van der Waals surface area contributed by atoms with E-state index in [4.69, 9.17) is 0 Å². The van der Waals surface area contributed by atoms with Crippen LogP contribution in [0.25, 0.3) is 0 Å². The lowest BCUT2D eigenvalue weighted by Crippen LogP contribution is -2.86. The van der Waals surface area contributed by atoms with E-state index in [9.17, 15) is 53.1 Å². The summed E-state index contributed by atoms with van der Waals surface area (Å²) in [5.74, 6) is -40.0. The van der Waals surface area contributed by atoms with Crippen molar-refractivity contribution in [2.24, 2.45) is 5.10 Å². The van der Waals surface area contributed by atoms with E-state index >= 15 is 0 Å². The van der Waals surface area contributed by atoms with Crippen LogP contribution in [0.15, 0.2) is 29.4 Å². The maximum atomic E-state index is 14.4. The van der Waals surface area contributed by atoms with Crippen molar-refractivity contribution in [3.05, 3.63) is 35.4 Å². The molecule has 0 saturated heterocycles. The van der Waals surface area contributed by atoms with Crippen LogP contribution in [0.4, 0.5) is 48.3 Å². The van der Waals surface area contributed by atoms with E-state index in [1.807, 2.05) is 0 Å². The maximum Gasteiger partial charge on any atom is 0.384 e. The van der Waals surface area contributed by atoms with Crippen molar-refractivity contribution in [2.45, 2.75) is 48.6 Å². The van der Waals surface area contributed by atoms with Crippen LogP contribution in [-0.4, -0.2) is 47.4 Å². The Morgan fingerprint density at radius 2 is 1.20 bits per heavy atom. The lowest BCUT2D eigenvalue weighted by atomic mass is 9.72. The molecule has 1 aromatic rings. The van der Waals surface area contributed by atoms with Gasteiger partial charge in [0.15, 0.2) is 0 Å². The van der Waals surface area contributed by atoms with Crippen molar-refractivity contribution in [3.63, 3.8) is 0 Å².